The van der Waals surface area contributed by atoms with Crippen LogP contribution >= 0.6 is 0 Å². The second-order valence-electron chi connectivity index (χ2n) is 8.89. The van der Waals surface area contributed by atoms with Gasteiger partial charge in [0.2, 0.25) is 5.91 Å². The molecule has 33 heavy (non-hydrogen) atoms. The molecule has 170 valence electrons. The average molecular weight is 443 g/mol. The van der Waals surface area contributed by atoms with Crippen molar-refractivity contribution in [1.82, 2.24) is 19.6 Å². The van der Waals surface area contributed by atoms with Crippen LogP contribution in [0.3, 0.4) is 0 Å². The fourth-order valence-electron chi connectivity index (χ4n) is 4.95. The van der Waals surface area contributed by atoms with E-state index in [-0.39, 0.29) is 11.8 Å². The highest BCUT2D eigenvalue weighted by Gasteiger charge is 2.31. The van der Waals surface area contributed by atoms with Gasteiger partial charge in [-0.05, 0) is 49.8 Å². The maximum Gasteiger partial charge on any atom is 0.274 e. The number of piperazine rings is 1. The number of aryl methyl sites for hydroxylation is 1. The third-order valence-corrected chi connectivity index (χ3v) is 6.75. The maximum absolute atomic E-state index is 13.4. The van der Waals surface area contributed by atoms with E-state index in [2.05, 4.69) is 12.1 Å². The zero-order valence-corrected chi connectivity index (χ0v) is 18.9. The van der Waals surface area contributed by atoms with Crippen LogP contribution in [0.15, 0.2) is 60.7 Å². The summed E-state index contributed by atoms with van der Waals surface area (Å²) in [6.07, 6.45) is 5.24. The number of aromatic nitrogens is 2. The maximum atomic E-state index is 13.4. The summed E-state index contributed by atoms with van der Waals surface area (Å²) in [4.78, 5) is 29.8. The first-order chi connectivity index (χ1) is 16.2. The van der Waals surface area contributed by atoms with Crippen molar-refractivity contribution >= 4 is 11.8 Å². The van der Waals surface area contributed by atoms with E-state index in [4.69, 9.17) is 5.10 Å². The van der Waals surface area contributed by atoms with E-state index in [0.717, 1.165) is 49.0 Å². The lowest BCUT2D eigenvalue weighted by Crippen LogP contribution is -2.50. The quantitative estimate of drug-likeness (QED) is 0.585. The molecule has 2 amide bonds. The highest BCUT2D eigenvalue weighted by molar-refractivity contribution is 5.94. The van der Waals surface area contributed by atoms with Gasteiger partial charge in [-0.2, -0.15) is 5.10 Å². The summed E-state index contributed by atoms with van der Waals surface area (Å²) in [6.45, 7) is 2.32. The molecule has 1 saturated heterocycles. The number of hydrogen-bond donors (Lipinski definition) is 0. The number of fused-ring (bicyclic) bond motifs is 1. The van der Waals surface area contributed by atoms with Crippen LogP contribution in [0, 0.1) is 0 Å². The van der Waals surface area contributed by atoms with E-state index in [1.807, 2.05) is 63.0 Å². The fourth-order valence-corrected chi connectivity index (χ4v) is 4.95. The first-order valence-electron chi connectivity index (χ1n) is 12.0. The summed E-state index contributed by atoms with van der Waals surface area (Å²) in [5, 5.41) is 4.75. The normalized spacial score (nSPS) is 15.5. The summed E-state index contributed by atoms with van der Waals surface area (Å²) in [5.41, 5.74) is 5.12. The SMILES string of the molecule is O=C(CCCc1ccccc1)N1CCN(C(=O)c2nn(-c3ccccc3)c3c2CCC3)CC1. The van der Waals surface area contributed by atoms with Crippen molar-refractivity contribution < 1.29 is 9.59 Å². The molecule has 1 aromatic heterocycles. The molecule has 6 heteroatoms. The summed E-state index contributed by atoms with van der Waals surface area (Å²) < 4.78 is 1.95. The van der Waals surface area contributed by atoms with Gasteiger partial charge in [0.25, 0.3) is 5.91 Å². The van der Waals surface area contributed by atoms with Crippen LogP contribution in [0.1, 0.15) is 46.6 Å². The largest absolute Gasteiger partial charge is 0.339 e. The molecule has 0 radical (unpaired) electrons. The fraction of sp³-hybridized carbons (Fsp3) is 0.370. The number of amides is 2. The van der Waals surface area contributed by atoms with Crippen molar-refractivity contribution in [2.24, 2.45) is 0 Å². The van der Waals surface area contributed by atoms with E-state index in [1.165, 1.54) is 5.56 Å². The highest BCUT2D eigenvalue weighted by Crippen LogP contribution is 2.28. The molecule has 1 aliphatic carbocycles. The molecule has 0 spiro atoms. The molecule has 1 aliphatic heterocycles. The summed E-state index contributed by atoms with van der Waals surface area (Å²) in [6, 6.07) is 20.3. The molecule has 1 fully saturated rings. The van der Waals surface area contributed by atoms with E-state index in [1.54, 1.807) is 0 Å². The van der Waals surface area contributed by atoms with Gasteiger partial charge in [0.05, 0.1) is 5.69 Å². The molecule has 0 unspecified atom stereocenters. The van der Waals surface area contributed by atoms with E-state index in [0.29, 0.717) is 38.3 Å². The lowest BCUT2D eigenvalue weighted by molar-refractivity contribution is -0.132. The van der Waals surface area contributed by atoms with Gasteiger partial charge >= 0.3 is 0 Å². The number of para-hydroxylation sites is 1. The van der Waals surface area contributed by atoms with Crippen LogP contribution in [0.5, 0.6) is 0 Å². The van der Waals surface area contributed by atoms with Crippen LogP contribution in [0.25, 0.3) is 5.69 Å². The standard InChI is InChI=1S/C27H30N4O2/c32-25(16-7-11-21-9-3-1-4-10-21)29-17-19-30(20-18-29)27(33)26-23-14-8-15-24(23)31(28-26)22-12-5-2-6-13-22/h1-6,9-10,12-13H,7-8,11,14-20H2. The van der Waals surface area contributed by atoms with Gasteiger partial charge in [-0.25, -0.2) is 4.68 Å². The zero-order valence-electron chi connectivity index (χ0n) is 18.9. The first-order valence-corrected chi connectivity index (χ1v) is 12.0. The molecule has 0 N–H and O–H groups in total. The Morgan fingerprint density at radius 2 is 1.48 bits per heavy atom. The van der Waals surface area contributed by atoms with Crippen molar-refractivity contribution in [1.29, 1.82) is 0 Å². The number of carbonyl (C=O) groups is 2. The van der Waals surface area contributed by atoms with Crippen LogP contribution in [-0.2, 0) is 24.1 Å². The van der Waals surface area contributed by atoms with E-state index in [9.17, 15) is 9.59 Å². The Labute approximate surface area is 194 Å². The van der Waals surface area contributed by atoms with Crippen LogP contribution in [-0.4, -0.2) is 57.6 Å². The monoisotopic (exact) mass is 442 g/mol. The van der Waals surface area contributed by atoms with Crippen molar-refractivity contribution in [3.05, 3.63) is 83.2 Å². The molecule has 2 aromatic carbocycles. The number of rotatable bonds is 6. The van der Waals surface area contributed by atoms with E-state index < -0.39 is 0 Å². The molecular formula is C27H30N4O2. The number of hydrogen-bond acceptors (Lipinski definition) is 3. The zero-order chi connectivity index (χ0) is 22.6. The lowest BCUT2D eigenvalue weighted by atomic mass is 10.1. The Balaban J connectivity index is 1.19. The molecule has 0 saturated carbocycles. The van der Waals surface area contributed by atoms with Crippen molar-refractivity contribution in [3.63, 3.8) is 0 Å². The summed E-state index contributed by atoms with van der Waals surface area (Å²) in [5.74, 6) is 0.186. The van der Waals surface area contributed by atoms with Gasteiger partial charge in [-0.15, -0.1) is 0 Å². The second-order valence-corrected chi connectivity index (χ2v) is 8.89. The van der Waals surface area contributed by atoms with Gasteiger partial charge in [-0.3, -0.25) is 9.59 Å². The van der Waals surface area contributed by atoms with Crippen molar-refractivity contribution in [2.75, 3.05) is 26.2 Å². The Hall–Kier alpha value is -3.41. The number of nitrogens with zero attached hydrogens (tertiary/aromatic N) is 4. The molecule has 3 aromatic rings. The molecule has 2 heterocycles. The van der Waals surface area contributed by atoms with Crippen LogP contribution in [0.2, 0.25) is 0 Å². The highest BCUT2D eigenvalue weighted by atomic mass is 16.2. The van der Waals surface area contributed by atoms with Gasteiger partial charge in [0.15, 0.2) is 5.69 Å². The predicted octanol–water partition coefficient (Wildman–Crippen LogP) is 3.67. The minimum Gasteiger partial charge on any atom is -0.339 e. The number of carbonyl (C=O) groups excluding carboxylic acids is 2. The third kappa shape index (κ3) is 4.56. The van der Waals surface area contributed by atoms with Crippen molar-refractivity contribution in [3.8, 4) is 5.69 Å². The Morgan fingerprint density at radius 3 is 2.21 bits per heavy atom. The lowest BCUT2D eigenvalue weighted by Gasteiger charge is -2.34. The molecule has 6 nitrogen and oxygen atoms in total. The molecule has 5 rings (SSSR count). The second kappa shape index (κ2) is 9.61. The molecule has 0 bridgehead atoms. The molecule has 0 atom stereocenters. The van der Waals surface area contributed by atoms with Gasteiger partial charge in [0, 0.05) is 43.9 Å². The Kier molecular flexibility index (Phi) is 6.24. The van der Waals surface area contributed by atoms with Crippen LogP contribution in [0.4, 0.5) is 0 Å². The average Bonchev–Trinajstić information content (AvgIpc) is 3.48. The van der Waals surface area contributed by atoms with Crippen molar-refractivity contribution in [2.45, 2.75) is 38.5 Å². The molecule has 2 aliphatic rings. The number of benzene rings is 2. The van der Waals surface area contributed by atoms with Crippen LogP contribution < -0.4 is 0 Å². The topological polar surface area (TPSA) is 58.4 Å². The summed E-state index contributed by atoms with van der Waals surface area (Å²) in [7, 11) is 0. The van der Waals surface area contributed by atoms with Gasteiger partial charge in [0.1, 0.15) is 0 Å². The van der Waals surface area contributed by atoms with E-state index >= 15 is 0 Å². The minimum absolute atomic E-state index is 0.000919. The van der Waals surface area contributed by atoms with Gasteiger partial charge < -0.3 is 9.80 Å². The third-order valence-electron chi connectivity index (χ3n) is 6.75. The Bertz CT molecular complexity index is 1120. The van der Waals surface area contributed by atoms with Gasteiger partial charge in [-0.1, -0.05) is 48.5 Å². The predicted molar refractivity (Wildman–Crippen MR) is 127 cm³/mol. The molecular weight excluding hydrogens is 412 g/mol. The smallest absolute Gasteiger partial charge is 0.274 e. The summed E-state index contributed by atoms with van der Waals surface area (Å²) >= 11 is 0. The Morgan fingerprint density at radius 1 is 0.818 bits per heavy atom. The first kappa shape index (κ1) is 21.4. The minimum atomic E-state index is -0.000919.